The van der Waals surface area contributed by atoms with E-state index in [0.29, 0.717) is 5.92 Å². The smallest absolute Gasteiger partial charge is 0.191 e. The van der Waals surface area contributed by atoms with Gasteiger partial charge in [0.2, 0.25) is 0 Å². The number of pyridine rings is 1. The molecule has 1 fully saturated rings. The van der Waals surface area contributed by atoms with Crippen molar-refractivity contribution < 1.29 is 9.47 Å². The van der Waals surface area contributed by atoms with E-state index in [0.717, 1.165) is 89.2 Å². The van der Waals surface area contributed by atoms with E-state index < -0.39 is 0 Å². The molecule has 1 unspecified atom stereocenters. The third kappa shape index (κ3) is 6.45. The lowest BCUT2D eigenvalue weighted by Gasteiger charge is -2.12. The number of fused-ring (bicyclic) bond motifs is 1. The summed E-state index contributed by atoms with van der Waals surface area (Å²) in [5.41, 5.74) is 0.888. The maximum Gasteiger partial charge on any atom is 0.191 e. The Balaban J connectivity index is 1.31. The molecular weight excluding hydrogens is 356 g/mol. The highest BCUT2D eigenvalue weighted by molar-refractivity contribution is 5.79. The molecule has 8 heteroatoms. The Kier molecular flexibility index (Phi) is 8.52. The Bertz CT molecular complexity index is 726. The molecule has 154 valence electrons. The number of guanidine groups is 1. The molecule has 0 aromatic carbocycles. The molecule has 8 nitrogen and oxygen atoms in total. The largest absolute Gasteiger partial charge is 0.381 e. The van der Waals surface area contributed by atoms with Gasteiger partial charge in [0.05, 0.1) is 13.2 Å². The maximum atomic E-state index is 5.74. The normalized spacial score (nSPS) is 17.3. The fourth-order valence-corrected chi connectivity index (χ4v) is 3.18. The molecule has 3 rings (SSSR count). The molecule has 3 heterocycles. The highest BCUT2D eigenvalue weighted by Gasteiger charge is 2.15. The summed E-state index contributed by atoms with van der Waals surface area (Å²) in [4.78, 5) is 4.65. The van der Waals surface area contributed by atoms with Crippen molar-refractivity contribution >= 4 is 11.6 Å². The topological polar surface area (TPSA) is 85.1 Å². The van der Waals surface area contributed by atoms with Crippen LogP contribution < -0.4 is 10.6 Å². The van der Waals surface area contributed by atoms with Crippen molar-refractivity contribution in [3.05, 3.63) is 30.2 Å². The number of hydrogen-bond acceptors (Lipinski definition) is 5. The zero-order valence-electron chi connectivity index (χ0n) is 16.8. The highest BCUT2D eigenvalue weighted by atomic mass is 16.5. The molecule has 0 amide bonds. The zero-order chi connectivity index (χ0) is 19.4. The Morgan fingerprint density at radius 1 is 1.32 bits per heavy atom. The molecule has 2 aromatic heterocycles. The van der Waals surface area contributed by atoms with E-state index in [1.54, 1.807) is 0 Å². The Labute approximate surface area is 166 Å². The highest BCUT2D eigenvalue weighted by Crippen LogP contribution is 2.12. The number of rotatable bonds is 11. The van der Waals surface area contributed by atoms with Crippen molar-refractivity contribution in [2.75, 3.05) is 46.1 Å². The lowest BCUT2D eigenvalue weighted by molar-refractivity contribution is 0.0888. The van der Waals surface area contributed by atoms with Crippen LogP contribution in [0.1, 0.15) is 32.0 Å². The summed E-state index contributed by atoms with van der Waals surface area (Å²) in [5.74, 6) is 2.42. The van der Waals surface area contributed by atoms with Gasteiger partial charge in [0.1, 0.15) is 5.82 Å². The molecule has 0 aliphatic carbocycles. The molecule has 2 N–H and O–H groups in total. The third-order valence-electron chi connectivity index (χ3n) is 4.69. The van der Waals surface area contributed by atoms with E-state index >= 15 is 0 Å². The first kappa shape index (κ1) is 20.5. The first-order chi connectivity index (χ1) is 13.9. The molecule has 1 aliphatic rings. The van der Waals surface area contributed by atoms with Crippen molar-refractivity contribution in [3.63, 3.8) is 0 Å². The van der Waals surface area contributed by atoms with Gasteiger partial charge in [-0.3, -0.25) is 9.39 Å². The minimum Gasteiger partial charge on any atom is -0.381 e. The van der Waals surface area contributed by atoms with Crippen LogP contribution in [0.2, 0.25) is 0 Å². The van der Waals surface area contributed by atoms with Gasteiger partial charge in [-0.2, -0.15) is 0 Å². The summed E-state index contributed by atoms with van der Waals surface area (Å²) in [6.45, 7) is 7.82. The van der Waals surface area contributed by atoms with Crippen LogP contribution in [-0.4, -0.2) is 66.6 Å². The van der Waals surface area contributed by atoms with E-state index in [4.69, 9.17) is 9.47 Å². The molecule has 0 radical (unpaired) electrons. The SMILES string of the molecule is CCNC(=NCCCc1nnc2ccccn12)NCCCOCC1CCOC1. The lowest BCUT2D eigenvalue weighted by Crippen LogP contribution is -2.38. The van der Waals surface area contributed by atoms with Gasteiger partial charge >= 0.3 is 0 Å². The summed E-state index contributed by atoms with van der Waals surface area (Å²) in [6.07, 6.45) is 5.87. The van der Waals surface area contributed by atoms with E-state index in [2.05, 4.69) is 32.7 Å². The molecule has 0 spiro atoms. The minimum absolute atomic E-state index is 0.578. The van der Waals surface area contributed by atoms with Gasteiger partial charge < -0.3 is 20.1 Å². The van der Waals surface area contributed by atoms with Crippen molar-refractivity contribution in [2.24, 2.45) is 10.9 Å². The number of aromatic nitrogens is 3. The van der Waals surface area contributed by atoms with E-state index in [9.17, 15) is 0 Å². The molecule has 1 saturated heterocycles. The van der Waals surface area contributed by atoms with Crippen LogP contribution in [0.4, 0.5) is 0 Å². The van der Waals surface area contributed by atoms with Crippen LogP contribution in [0, 0.1) is 5.92 Å². The van der Waals surface area contributed by atoms with Gasteiger partial charge in [-0.05, 0) is 38.3 Å². The average Bonchev–Trinajstić information content (AvgIpc) is 3.38. The lowest BCUT2D eigenvalue weighted by atomic mass is 10.1. The van der Waals surface area contributed by atoms with Gasteiger partial charge in [0, 0.05) is 51.4 Å². The fourth-order valence-electron chi connectivity index (χ4n) is 3.18. The molecular formula is C20H32N6O2. The van der Waals surface area contributed by atoms with Crippen molar-refractivity contribution in [2.45, 2.75) is 32.6 Å². The van der Waals surface area contributed by atoms with Crippen LogP contribution in [0.5, 0.6) is 0 Å². The monoisotopic (exact) mass is 388 g/mol. The van der Waals surface area contributed by atoms with E-state index in [1.165, 1.54) is 0 Å². The van der Waals surface area contributed by atoms with Gasteiger partial charge in [-0.15, -0.1) is 10.2 Å². The standard InChI is InChI=1S/C20H32N6O2/c1-2-21-20(23-11-6-13-27-15-17-9-14-28-16-17)22-10-5-8-19-25-24-18-7-3-4-12-26(18)19/h3-4,7,12,17H,2,5-6,8-11,13-16H2,1H3,(H2,21,22,23). The number of ether oxygens (including phenoxy) is 2. The summed E-state index contributed by atoms with van der Waals surface area (Å²) < 4.78 is 13.1. The van der Waals surface area contributed by atoms with Crippen LogP contribution >= 0.6 is 0 Å². The molecule has 2 aromatic rings. The predicted molar refractivity (Wildman–Crippen MR) is 110 cm³/mol. The van der Waals surface area contributed by atoms with Gasteiger partial charge in [0.15, 0.2) is 11.6 Å². The van der Waals surface area contributed by atoms with Crippen LogP contribution in [0.25, 0.3) is 5.65 Å². The predicted octanol–water partition coefficient (Wildman–Crippen LogP) is 1.66. The first-order valence-electron chi connectivity index (χ1n) is 10.3. The van der Waals surface area contributed by atoms with Crippen LogP contribution in [-0.2, 0) is 15.9 Å². The zero-order valence-corrected chi connectivity index (χ0v) is 16.8. The van der Waals surface area contributed by atoms with E-state index in [1.807, 2.05) is 28.8 Å². The first-order valence-corrected chi connectivity index (χ1v) is 10.3. The fraction of sp³-hybridized carbons (Fsp3) is 0.650. The van der Waals surface area contributed by atoms with Crippen molar-refractivity contribution in [3.8, 4) is 0 Å². The van der Waals surface area contributed by atoms with Crippen LogP contribution in [0.15, 0.2) is 29.4 Å². The summed E-state index contributed by atoms with van der Waals surface area (Å²) in [7, 11) is 0. The number of nitrogens with zero attached hydrogens (tertiary/aromatic N) is 4. The number of aryl methyl sites for hydroxylation is 1. The second-order valence-corrected chi connectivity index (χ2v) is 6.99. The summed E-state index contributed by atoms with van der Waals surface area (Å²) in [5, 5.41) is 15.1. The van der Waals surface area contributed by atoms with Crippen molar-refractivity contribution in [1.29, 1.82) is 0 Å². The quantitative estimate of drug-likeness (QED) is 0.346. The maximum absolute atomic E-state index is 5.74. The minimum atomic E-state index is 0.578. The summed E-state index contributed by atoms with van der Waals surface area (Å²) in [6, 6.07) is 5.93. The third-order valence-corrected chi connectivity index (χ3v) is 4.69. The van der Waals surface area contributed by atoms with Crippen LogP contribution in [0.3, 0.4) is 0 Å². The Hall–Kier alpha value is -2.19. The number of nitrogens with one attached hydrogen (secondary N) is 2. The second kappa shape index (κ2) is 11.6. The molecule has 28 heavy (non-hydrogen) atoms. The second-order valence-electron chi connectivity index (χ2n) is 6.99. The Morgan fingerprint density at radius 3 is 3.14 bits per heavy atom. The van der Waals surface area contributed by atoms with Gasteiger partial charge in [-0.1, -0.05) is 6.07 Å². The molecule has 0 bridgehead atoms. The van der Waals surface area contributed by atoms with Crippen molar-refractivity contribution in [1.82, 2.24) is 25.2 Å². The Morgan fingerprint density at radius 2 is 2.29 bits per heavy atom. The molecule has 0 saturated carbocycles. The van der Waals surface area contributed by atoms with E-state index in [-0.39, 0.29) is 0 Å². The molecule has 1 atom stereocenters. The molecule has 1 aliphatic heterocycles. The van der Waals surface area contributed by atoms with Gasteiger partial charge in [-0.25, -0.2) is 0 Å². The number of aliphatic imine (C=N–C) groups is 1. The average molecular weight is 389 g/mol. The summed E-state index contributed by atoms with van der Waals surface area (Å²) >= 11 is 0. The van der Waals surface area contributed by atoms with Gasteiger partial charge in [0.25, 0.3) is 0 Å². The number of hydrogen-bond donors (Lipinski definition) is 2.